The molecule has 1 atom stereocenters. The number of aliphatic hydroxyl groups excluding tert-OH is 1. The average molecular weight is 252 g/mol. The highest BCUT2D eigenvalue weighted by Gasteiger charge is 2.15. The number of nitrogens with zero attached hydrogens (tertiary/aromatic N) is 3. The SMILES string of the molecule is CCCn1nccc1C(O)c1ccc(Cl)nc1. The van der Waals surface area contributed by atoms with E-state index in [0.717, 1.165) is 18.7 Å². The molecule has 2 rings (SSSR count). The average Bonchev–Trinajstić information content (AvgIpc) is 2.78. The monoisotopic (exact) mass is 251 g/mol. The first kappa shape index (κ1) is 12.1. The Bertz CT molecular complexity index is 481. The van der Waals surface area contributed by atoms with Gasteiger partial charge in [0, 0.05) is 24.5 Å². The van der Waals surface area contributed by atoms with Gasteiger partial charge in [0.25, 0.3) is 0 Å². The minimum absolute atomic E-state index is 0.419. The van der Waals surface area contributed by atoms with Crippen molar-refractivity contribution in [3.63, 3.8) is 0 Å². The van der Waals surface area contributed by atoms with Crippen LogP contribution in [-0.4, -0.2) is 19.9 Å². The summed E-state index contributed by atoms with van der Waals surface area (Å²) in [5.74, 6) is 0. The van der Waals surface area contributed by atoms with Crippen LogP contribution in [0.25, 0.3) is 0 Å². The van der Waals surface area contributed by atoms with Gasteiger partial charge in [0.05, 0.1) is 5.69 Å². The maximum atomic E-state index is 10.2. The van der Waals surface area contributed by atoms with Crippen molar-refractivity contribution in [2.75, 3.05) is 0 Å². The number of aliphatic hydroxyl groups is 1. The highest BCUT2D eigenvalue weighted by atomic mass is 35.5. The minimum Gasteiger partial charge on any atom is -0.382 e. The van der Waals surface area contributed by atoms with E-state index in [4.69, 9.17) is 11.6 Å². The Morgan fingerprint density at radius 2 is 2.24 bits per heavy atom. The molecule has 17 heavy (non-hydrogen) atoms. The zero-order chi connectivity index (χ0) is 12.3. The molecular weight excluding hydrogens is 238 g/mol. The van der Waals surface area contributed by atoms with Crippen LogP contribution in [-0.2, 0) is 6.54 Å². The molecule has 0 amide bonds. The molecule has 1 unspecified atom stereocenters. The van der Waals surface area contributed by atoms with Gasteiger partial charge in [-0.05, 0) is 18.6 Å². The summed E-state index contributed by atoms with van der Waals surface area (Å²) in [5.41, 5.74) is 1.49. The molecule has 0 aromatic carbocycles. The Kier molecular flexibility index (Phi) is 3.76. The standard InChI is InChI=1S/C12H14ClN3O/c1-2-7-16-10(5-6-15-16)12(17)9-3-4-11(13)14-8-9/h3-6,8,12,17H,2,7H2,1H3. The van der Waals surface area contributed by atoms with E-state index in [1.807, 2.05) is 6.07 Å². The summed E-state index contributed by atoms with van der Waals surface area (Å²) in [6.07, 6.45) is 3.53. The summed E-state index contributed by atoms with van der Waals surface area (Å²) < 4.78 is 1.80. The maximum Gasteiger partial charge on any atom is 0.129 e. The summed E-state index contributed by atoms with van der Waals surface area (Å²) in [4.78, 5) is 3.96. The number of rotatable bonds is 4. The van der Waals surface area contributed by atoms with E-state index < -0.39 is 6.10 Å². The minimum atomic E-state index is -0.714. The number of pyridine rings is 1. The summed E-state index contributed by atoms with van der Waals surface area (Å²) in [6.45, 7) is 2.86. The summed E-state index contributed by atoms with van der Waals surface area (Å²) in [6, 6.07) is 5.25. The molecule has 2 aromatic rings. The predicted octanol–water partition coefficient (Wildman–Crippen LogP) is 2.42. The van der Waals surface area contributed by atoms with Crippen LogP contribution in [0.3, 0.4) is 0 Å². The van der Waals surface area contributed by atoms with Gasteiger partial charge in [-0.25, -0.2) is 4.98 Å². The van der Waals surface area contributed by atoms with Gasteiger partial charge < -0.3 is 5.11 Å². The second-order valence-electron chi connectivity index (χ2n) is 3.80. The number of halogens is 1. The van der Waals surface area contributed by atoms with Gasteiger partial charge in [0.1, 0.15) is 11.3 Å². The first-order valence-corrected chi connectivity index (χ1v) is 5.91. The number of hydrogen-bond acceptors (Lipinski definition) is 3. The Morgan fingerprint density at radius 3 is 2.88 bits per heavy atom. The molecule has 90 valence electrons. The molecular formula is C12H14ClN3O. The number of hydrogen-bond donors (Lipinski definition) is 1. The topological polar surface area (TPSA) is 50.9 Å². The van der Waals surface area contributed by atoms with Crippen LogP contribution >= 0.6 is 11.6 Å². The van der Waals surface area contributed by atoms with Crippen molar-refractivity contribution in [1.29, 1.82) is 0 Å². The van der Waals surface area contributed by atoms with Gasteiger partial charge in [-0.3, -0.25) is 4.68 Å². The van der Waals surface area contributed by atoms with Crippen molar-refractivity contribution in [3.8, 4) is 0 Å². The second kappa shape index (κ2) is 5.29. The Labute approximate surface area is 105 Å². The molecule has 0 spiro atoms. The van der Waals surface area contributed by atoms with Crippen LogP contribution in [0.15, 0.2) is 30.6 Å². The number of aryl methyl sites for hydroxylation is 1. The lowest BCUT2D eigenvalue weighted by atomic mass is 10.1. The third-order valence-corrected chi connectivity index (χ3v) is 2.75. The van der Waals surface area contributed by atoms with Crippen LogP contribution in [0.1, 0.15) is 30.7 Å². The van der Waals surface area contributed by atoms with Gasteiger partial charge in [-0.15, -0.1) is 0 Å². The third-order valence-electron chi connectivity index (χ3n) is 2.53. The fourth-order valence-corrected chi connectivity index (χ4v) is 1.81. The third kappa shape index (κ3) is 2.65. The smallest absolute Gasteiger partial charge is 0.129 e. The van der Waals surface area contributed by atoms with Crippen molar-refractivity contribution >= 4 is 11.6 Å². The summed E-state index contributed by atoms with van der Waals surface area (Å²) in [5, 5.41) is 14.8. The Hall–Kier alpha value is -1.39. The van der Waals surface area contributed by atoms with E-state index >= 15 is 0 Å². The molecule has 0 fully saturated rings. The van der Waals surface area contributed by atoms with Crippen LogP contribution in [0, 0.1) is 0 Å². The Morgan fingerprint density at radius 1 is 1.41 bits per heavy atom. The predicted molar refractivity (Wildman–Crippen MR) is 65.8 cm³/mol. The van der Waals surface area contributed by atoms with E-state index in [1.54, 1.807) is 29.2 Å². The lowest BCUT2D eigenvalue weighted by Crippen LogP contribution is -2.10. The van der Waals surface area contributed by atoms with Gasteiger partial charge in [-0.1, -0.05) is 24.6 Å². The van der Waals surface area contributed by atoms with Crippen molar-refractivity contribution in [2.45, 2.75) is 26.0 Å². The second-order valence-corrected chi connectivity index (χ2v) is 4.18. The van der Waals surface area contributed by atoms with Gasteiger partial charge in [0.15, 0.2) is 0 Å². The molecule has 2 aromatic heterocycles. The van der Waals surface area contributed by atoms with Crippen LogP contribution < -0.4 is 0 Å². The summed E-state index contributed by atoms with van der Waals surface area (Å²) >= 11 is 5.71. The fraction of sp³-hybridized carbons (Fsp3) is 0.333. The lowest BCUT2D eigenvalue weighted by molar-refractivity contribution is 0.207. The molecule has 0 bridgehead atoms. The first-order valence-electron chi connectivity index (χ1n) is 5.53. The van der Waals surface area contributed by atoms with E-state index in [-0.39, 0.29) is 0 Å². The molecule has 1 N–H and O–H groups in total. The molecule has 2 heterocycles. The number of aromatic nitrogens is 3. The molecule has 0 aliphatic carbocycles. The van der Waals surface area contributed by atoms with Crippen molar-refractivity contribution in [3.05, 3.63) is 47.0 Å². The molecule has 0 saturated heterocycles. The molecule has 4 nitrogen and oxygen atoms in total. The van der Waals surface area contributed by atoms with Gasteiger partial charge >= 0.3 is 0 Å². The first-order chi connectivity index (χ1) is 8.22. The summed E-state index contributed by atoms with van der Waals surface area (Å²) in [7, 11) is 0. The quantitative estimate of drug-likeness (QED) is 0.849. The Balaban J connectivity index is 2.26. The van der Waals surface area contributed by atoms with Crippen molar-refractivity contribution < 1.29 is 5.11 Å². The molecule has 5 heteroatoms. The highest BCUT2D eigenvalue weighted by molar-refractivity contribution is 6.29. The van der Waals surface area contributed by atoms with Gasteiger partial charge in [0.2, 0.25) is 0 Å². The van der Waals surface area contributed by atoms with Crippen LogP contribution in [0.5, 0.6) is 0 Å². The molecule has 0 saturated carbocycles. The van der Waals surface area contributed by atoms with Crippen molar-refractivity contribution in [1.82, 2.24) is 14.8 Å². The zero-order valence-electron chi connectivity index (χ0n) is 9.55. The normalized spacial score (nSPS) is 12.6. The van der Waals surface area contributed by atoms with Crippen molar-refractivity contribution in [2.24, 2.45) is 0 Å². The maximum absolute atomic E-state index is 10.2. The molecule has 0 aliphatic heterocycles. The lowest BCUT2D eigenvalue weighted by Gasteiger charge is -2.12. The molecule has 0 radical (unpaired) electrons. The van der Waals surface area contributed by atoms with E-state index in [2.05, 4.69) is 17.0 Å². The van der Waals surface area contributed by atoms with E-state index in [1.165, 1.54) is 0 Å². The largest absolute Gasteiger partial charge is 0.382 e. The van der Waals surface area contributed by atoms with Gasteiger partial charge in [-0.2, -0.15) is 5.10 Å². The van der Waals surface area contributed by atoms with Crippen LogP contribution in [0.2, 0.25) is 5.15 Å². The van der Waals surface area contributed by atoms with E-state index in [0.29, 0.717) is 10.7 Å². The highest BCUT2D eigenvalue weighted by Crippen LogP contribution is 2.21. The fourth-order valence-electron chi connectivity index (χ4n) is 1.69. The van der Waals surface area contributed by atoms with E-state index in [9.17, 15) is 5.11 Å². The zero-order valence-corrected chi connectivity index (χ0v) is 10.3. The molecule has 0 aliphatic rings. The van der Waals surface area contributed by atoms with Crippen LogP contribution in [0.4, 0.5) is 0 Å².